The molecule has 1 aliphatic heterocycles. The van der Waals surface area contributed by atoms with Gasteiger partial charge in [0, 0.05) is 12.2 Å². The van der Waals surface area contributed by atoms with E-state index in [-0.39, 0.29) is 12.5 Å². The molecule has 0 radical (unpaired) electrons. The van der Waals surface area contributed by atoms with E-state index < -0.39 is 11.6 Å². The molecule has 0 bridgehead atoms. The molecular weight excluding hydrogens is 524 g/mol. The van der Waals surface area contributed by atoms with Crippen molar-refractivity contribution in [1.82, 2.24) is 5.32 Å². The van der Waals surface area contributed by atoms with Crippen LogP contribution in [-0.2, 0) is 9.53 Å². The molecule has 1 saturated heterocycles. The number of hydrogen-bond donors (Lipinski definition) is 3. The highest BCUT2D eigenvalue weighted by atomic mass is 79.9. The molecule has 1 aromatic heterocycles. The quantitative estimate of drug-likeness (QED) is 0.380. The summed E-state index contributed by atoms with van der Waals surface area (Å²) < 4.78 is 11.4. The molecule has 12 heteroatoms. The van der Waals surface area contributed by atoms with E-state index in [0.717, 1.165) is 10.2 Å². The zero-order chi connectivity index (χ0) is 22.7. The summed E-state index contributed by atoms with van der Waals surface area (Å²) in [6.45, 7) is 1.14. The molecule has 2 fully saturated rings. The van der Waals surface area contributed by atoms with Crippen LogP contribution in [0.3, 0.4) is 0 Å². The van der Waals surface area contributed by atoms with Gasteiger partial charge in [-0.25, -0.2) is 4.79 Å². The Balaban J connectivity index is 1.43. The van der Waals surface area contributed by atoms with Gasteiger partial charge in [-0.1, -0.05) is 28.1 Å². The monoisotopic (exact) mass is 542 g/mol. The third-order valence-electron chi connectivity index (χ3n) is 5.34. The summed E-state index contributed by atoms with van der Waals surface area (Å²) >= 11 is 11.0. The predicted octanol–water partition coefficient (Wildman–Crippen LogP) is 4.44. The van der Waals surface area contributed by atoms with E-state index in [0.29, 0.717) is 53.3 Å². The Bertz CT molecular complexity index is 1060. The summed E-state index contributed by atoms with van der Waals surface area (Å²) in [4.78, 5) is 27.1. The molecule has 32 heavy (non-hydrogen) atoms. The minimum atomic E-state index is -1.03. The van der Waals surface area contributed by atoms with Gasteiger partial charge in [0.25, 0.3) is 0 Å². The zero-order valence-corrected chi connectivity index (χ0v) is 19.9. The molecule has 4 rings (SSSR count). The average Bonchev–Trinajstić information content (AvgIpc) is 3.15. The molecular formula is C20H20BrClN4O5S. The smallest absolute Gasteiger partial charge is 0.409 e. The molecule has 0 spiro atoms. The van der Waals surface area contributed by atoms with E-state index in [4.69, 9.17) is 21.1 Å². The fourth-order valence-electron chi connectivity index (χ4n) is 3.53. The lowest BCUT2D eigenvalue weighted by molar-refractivity contribution is -0.125. The van der Waals surface area contributed by atoms with Crippen LogP contribution in [0.1, 0.15) is 19.3 Å². The van der Waals surface area contributed by atoms with Crippen molar-refractivity contribution in [2.24, 2.45) is 5.16 Å². The minimum Gasteiger partial charge on any atom is -0.409 e. The number of rotatable bonds is 5. The molecule has 2 heterocycles. The zero-order valence-electron chi connectivity index (χ0n) is 16.8. The third-order valence-corrected chi connectivity index (χ3v) is 7.14. The van der Waals surface area contributed by atoms with Crippen molar-refractivity contribution in [2.45, 2.75) is 24.8 Å². The highest BCUT2D eigenvalue weighted by Gasteiger charge is 2.46. The first-order valence-electron chi connectivity index (χ1n) is 9.83. The van der Waals surface area contributed by atoms with Crippen molar-refractivity contribution < 1.29 is 24.3 Å². The van der Waals surface area contributed by atoms with E-state index in [1.54, 1.807) is 35.2 Å². The Kier molecular flexibility index (Phi) is 6.89. The van der Waals surface area contributed by atoms with Crippen LogP contribution < -0.4 is 20.3 Å². The van der Waals surface area contributed by atoms with Gasteiger partial charge in [-0.3, -0.25) is 4.79 Å². The molecule has 2 aromatic rings. The van der Waals surface area contributed by atoms with Crippen molar-refractivity contribution >= 4 is 68.1 Å². The van der Waals surface area contributed by atoms with Crippen LogP contribution in [0.2, 0.25) is 5.02 Å². The standard InChI is InChI=1S/C20H20BrClN4O5S/c21-15-4-5-17(32-15)31-19(28)24-20(6-1-7-20)18(27)23-12-2-3-14(13(22)10-12)26-8-9-30-11-16(26)25-29/h2-5,10,29H,1,6-9,11H2,(H,23,27)(H,24,28). The maximum atomic E-state index is 13.0. The van der Waals surface area contributed by atoms with E-state index in [1.807, 2.05) is 0 Å². The Morgan fingerprint density at radius 1 is 1.31 bits per heavy atom. The first kappa shape index (κ1) is 22.8. The Hall–Kier alpha value is -2.34. The summed E-state index contributed by atoms with van der Waals surface area (Å²) in [6.07, 6.45) is 1.17. The number of anilines is 2. The minimum absolute atomic E-state index is 0.179. The van der Waals surface area contributed by atoms with Gasteiger partial charge < -0.3 is 30.2 Å². The molecule has 0 atom stereocenters. The largest absolute Gasteiger partial charge is 0.414 e. The maximum Gasteiger partial charge on any atom is 0.414 e. The molecule has 3 N–H and O–H groups in total. The second kappa shape index (κ2) is 9.65. The van der Waals surface area contributed by atoms with Gasteiger partial charge in [0.15, 0.2) is 10.9 Å². The summed E-state index contributed by atoms with van der Waals surface area (Å²) in [6, 6.07) is 8.51. The molecule has 1 aliphatic carbocycles. The number of ether oxygens (including phenoxy) is 2. The summed E-state index contributed by atoms with van der Waals surface area (Å²) in [5.74, 6) is 0.0182. The van der Waals surface area contributed by atoms with Crippen LogP contribution in [0.15, 0.2) is 39.3 Å². The molecule has 0 unspecified atom stereocenters. The van der Waals surface area contributed by atoms with Crippen molar-refractivity contribution in [2.75, 3.05) is 30.0 Å². The maximum absolute atomic E-state index is 13.0. The number of amidine groups is 1. The van der Waals surface area contributed by atoms with Gasteiger partial charge in [-0.2, -0.15) is 0 Å². The normalized spacial score (nSPS) is 18.7. The second-order valence-corrected chi connectivity index (χ2v) is 10.2. The number of hydrogen-bond acceptors (Lipinski definition) is 7. The van der Waals surface area contributed by atoms with Gasteiger partial charge in [0.1, 0.15) is 12.1 Å². The van der Waals surface area contributed by atoms with Crippen LogP contribution in [0.4, 0.5) is 16.2 Å². The lowest BCUT2D eigenvalue weighted by atomic mass is 9.76. The number of oxime groups is 1. The van der Waals surface area contributed by atoms with E-state index in [1.165, 1.54) is 11.3 Å². The topological polar surface area (TPSA) is 112 Å². The summed E-state index contributed by atoms with van der Waals surface area (Å²) in [5, 5.41) is 18.8. The SMILES string of the molecule is O=C(NC1(C(=O)Nc2ccc(N3CCOCC3=NO)c(Cl)c2)CCC1)Oc1ccc(Br)s1. The second-order valence-electron chi connectivity index (χ2n) is 7.35. The number of nitrogens with zero attached hydrogens (tertiary/aromatic N) is 2. The number of benzene rings is 1. The van der Waals surface area contributed by atoms with E-state index in [2.05, 4.69) is 31.7 Å². The molecule has 1 saturated carbocycles. The van der Waals surface area contributed by atoms with Gasteiger partial charge in [-0.15, -0.1) is 0 Å². The number of carbonyl (C=O) groups excluding carboxylic acids is 2. The van der Waals surface area contributed by atoms with E-state index >= 15 is 0 Å². The van der Waals surface area contributed by atoms with Crippen LogP contribution >= 0.6 is 38.9 Å². The lowest BCUT2D eigenvalue weighted by Crippen LogP contribution is -2.61. The predicted molar refractivity (Wildman–Crippen MR) is 125 cm³/mol. The molecule has 170 valence electrons. The fourth-order valence-corrected chi connectivity index (χ4v) is 5.00. The van der Waals surface area contributed by atoms with Crippen LogP contribution in [0.25, 0.3) is 0 Å². The first-order valence-corrected chi connectivity index (χ1v) is 11.8. The van der Waals surface area contributed by atoms with Gasteiger partial charge in [0.05, 0.1) is 21.1 Å². The van der Waals surface area contributed by atoms with Crippen LogP contribution in [-0.4, -0.2) is 48.3 Å². The number of carbonyl (C=O) groups is 2. The van der Waals surface area contributed by atoms with Gasteiger partial charge in [0.2, 0.25) is 5.91 Å². The molecule has 1 aromatic carbocycles. The van der Waals surface area contributed by atoms with Crippen molar-refractivity contribution in [1.29, 1.82) is 0 Å². The van der Waals surface area contributed by atoms with Gasteiger partial charge >= 0.3 is 6.09 Å². The Labute approximate surface area is 201 Å². The number of thiophene rings is 1. The fraction of sp³-hybridized carbons (Fsp3) is 0.350. The van der Waals surface area contributed by atoms with Crippen molar-refractivity contribution in [3.63, 3.8) is 0 Å². The number of halogens is 2. The summed E-state index contributed by atoms with van der Waals surface area (Å²) in [5.41, 5.74) is 0.100. The number of morpholine rings is 1. The van der Waals surface area contributed by atoms with E-state index in [9.17, 15) is 14.8 Å². The number of nitrogens with one attached hydrogen (secondary N) is 2. The van der Waals surface area contributed by atoms with Crippen molar-refractivity contribution in [3.05, 3.63) is 39.1 Å². The Morgan fingerprint density at radius 3 is 2.75 bits per heavy atom. The number of amides is 2. The first-order chi connectivity index (χ1) is 15.4. The van der Waals surface area contributed by atoms with Gasteiger partial charge in [-0.05, 0) is 65.5 Å². The average molecular weight is 544 g/mol. The molecule has 2 amide bonds. The Morgan fingerprint density at radius 2 is 2.12 bits per heavy atom. The van der Waals surface area contributed by atoms with Crippen LogP contribution in [0, 0.1) is 0 Å². The highest BCUT2D eigenvalue weighted by molar-refractivity contribution is 9.11. The highest BCUT2D eigenvalue weighted by Crippen LogP contribution is 2.35. The van der Waals surface area contributed by atoms with Crippen LogP contribution in [0.5, 0.6) is 5.06 Å². The molecule has 9 nitrogen and oxygen atoms in total. The lowest BCUT2D eigenvalue weighted by Gasteiger charge is -2.40. The van der Waals surface area contributed by atoms with Crippen molar-refractivity contribution in [3.8, 4) is 5.06 Å². The third kappa shape index (κ3) is 4.85. The summed E-state index contributed by atoms with van der Waals surface area (Å²) in [7, 11) is 0. The molecule has 2 aliphatic rings.